The fraction of sp³-hybridized carbons (Fsp3) is 0.235. The molecule has 0 aliphatic carbocycles. The van der Waals surface area contributed by atoms with Gasteiger partial charge in [-0.3, -0.25) is 0 Å². The van der Waals surface area contributed by atoms with Gasteiger partial charge >= 0.3 is 0 Å². The van der Waals surface area contributed by atoms with Crippen molar-refractivity contribution in [3.63, 3.8) is 0 Å². The Morgan fingerprint density at radius 1 is 1.18 bits per heavy atom. The standard InChI is InChI=1S/C17H18N2O2S/c1-3-17(15-9-7-13(2)8-10-15)19-22(20,21)16-6-4-5-14(11-16)12-18/h4-11,17,19H,3H2,1-2H3. The summed E-state index contributed by atoms with van der Waals surface area (Å²) in [5.41, 5.74) is 2.38. The molecule has 2 aromatic rings. The SMILES string of the molecule is CCC(NS(=O)(=O)c1cccc(C#N)c1)c1ccc(C)cc1. The van der Waals surface area contributed by atoms with Crippen molar-refractivity contribution in [1.29, 1.82) is 5.26 Å². The number of aryl methyl sites for hydroxylation is 1. The van der Waals surface area contributed by atoms with Crippen LogP contribution in [0.25, 0.3) is 0 Å². The third-order valence-electron chi connectivity index (χ3n) is 3.46. The molecule has 0 aliphatic heterocycles. The summed E-state index contributed by atoms with van der Waals surface area (Å²) in [6.07, 6.45) is 0.639. The summed E-state index contributed by atoms with van der Waals surface area (Å²) in [7, 11) is -3.66. The molecular weight excluding hydrogens is 296 g/mol. The highest BCUT2D eigenvalue weighted by atomic mass is 32.2. The molecule has 0 fully saturated rings. The second-order valence-corrected chi connectivity index (χ2v) is 6.85. The molecule has 0 bridgehead atoms. The van der Waals surface area contributed by atoms with Gasteiger partial charge in [0.2, 0.25) is 10.0 Å². The van der Waals surface area contributed by atoms with E-state index >= 15 is 0 Å². The lowest BCUT2D eigenvalue weighted by molar-refractivity contribution is 0.550. The van der Waals surface area contributed by atoms with Crippen LogP contribution in [0, 0.1) is 18.3 Å². The molecule has 1 N–H and O–H groups in total. The number of rotatable bonds is 5. The van der Waals surface area contributed by atoms with Crippen molar-refractivity contribution >= 4 is 10.0 Å². The van der Waals surface area contributed by atoms with Gasteiger partial charge in [-0.1, -0.05) is 42.8 Å². The van der Waals surface area contributed by atoms with E-state index in [-0.39, 0.29) is 10.9 Å². The Kier molecular flexibility index (Phi) is 4.96. The van der Waals surface area contributed by atoms with Gasteiger partial charge in [0.05, 0.1) is 16.5 Å². The van der Waals surface area contributed by atoms with Crippen molar-refractivity contribution in [2.75, 3.05) is 0 Å². The highest BCUT2D eigenvalue weighted by molar-refractivity contribution is 7.89. The fourth-order valence-corrected chi connectivity index (χ4v) is 3.53. The molecule has 0 heterocycles. The Bertz CT molecular complexity index is 790. The van der Waals surface area contributed by atoms with Crippen LogP contribution >= 0.6 is 0 Å². The van der Waals surface area contributed by atoms with Crippen molar-refractivity contribution in [2.24, 2.45) is 0 Å². The lowest BCUT2D eigenvalue weighted by Crippen LogP contribution is -2.28. The van der Waals surface area contributed by atoms with Crippen LogP contribution in [0.5, 0.6) is 0 Å². The minimum Gasteiger partial charge on any atom is -0.207 e. The smallest absolute Gasteiger partial charge is 0.207 e. The number of nitriles is 1. The van der Waals surface area contributed by atoms with Crippen molar-refractivity contribution in [3.8, 4) is 6.07 Å². The first-order chi connectivity index (χ1) is 10.5. The number of nitrogens with zero attached hydrogens (tertiary/aromatic N) is 1. The first-order valence-electron chi connectivity index (χ1n) is 7.05. The average molecular weight is 314 g/mol. The van der Waals surface area contributed by atoms with Crippen LogP contribution in [-0.2, 0) is 10.0 Å². The Hall–Kier alpha value is -2.16. The van der Waals surface area contributed by atoms with Crippen molar-refractivity contribution in [2.45, 2.75) is 31.2 Å². The van der Waals surface area contributed by atoms with E-state index in [2.05, 4.69) is 4.72 Å². The molecule has 0 aromatic heterocycles. The number of hydrogen-bond acceptors (Lipinski definition) is 3. The molecule has 0 saturated carbocycles. The van der Waals surface area contributed by atoms with Gasteiger partial charge in [0.25, 0.3) is 0 Å². The highest BCUT2D eigenvalue weighted by Gasteiger charge is 2.20. The third kappa shape index (κ3) is 3.73. The maximum atomic E-state index is 12.5. The van der Waals surface area contributed by atoms with Gasteiger partial charge in [0, 0.05) is 6.04 Å². The second kappa shape index (κ2) is 6.73. The van der Waals surface area contributed by atoms with E-state index in [9.17, 15) is 8.42 Å². The lowest BCUT2D eigenvalue weighted by atomic mass is 10.0. The molecule has 0 aliphatic rings. The Balaban J connectivity index is 2.29. The predicted octanol–water partition coefficient (Wildman–Crippen LogP) is 3.30. The van der Waals surface area contributed by atoms with Gasteiger partial charge in [-0.15, -0.1) is 0 Å². The summed E-state index contributed by atoms with van der Waals surface area (Å²) in [5, 5.41) is 8.89. The summed E-state index contributed by atoms with van der Waals surface area (Å²) < 4.78 is 27.7. The second-order valence-electron chi connectivity index (χ2n) is 5.13. The van der Waals surface area contributed by atoms with E-state index in [1.807, 2.05) is 44.2 Å². The Morgan fingerprint density at radius 3 is 2.45 bits per heavy atom. The maximum Gasteiger partial charge on any atom is 0.241 e. The molecular formula is C17H18N2O2S. The topological polar surface area (TPSA) is 70.0 Å². The summed E-state index contributed by atoms with van der Waals surface area (Å²) in [4.78, 5) is 0.108. The normalized spacial score (nSPS) is 12.6. The van der Waals surface area contributed by atoms with Crippen LogP contribution in [0.15, 0.2) is 53.4 Å². The summed E-state index contributed by atoms with van der Waals surface area (Å²) in [6.45, 7) is 3.92. The van der Waals surface area contributed by atoms with Crippen molar-refractivity contribution in [3.05, 3.63) is 65.2 Å². The Morgan fingerprint density at radius 2 is 1.86 bits per heavy atom. The quantitative estimate of drug-likeness (QED) is 0.920. The van der Waals surface area contributed by atoms with Crippen LogP contribution in [-0.4, -0.2) is 8.42 Å². The zero-order valence-electron chi connectivity index (χ0n) is 12.6. The summed E-state index contributed by atoms with van der Waals surface area (Å²) in [6, 6.07) is 15.5. The minimum atomic E-state index is -3.66. The van der Waals surface area contributed by atoms with E-state index < -0.39 is 10.0 Å². The van der Waals surface area contributed by atoms with E-state index in [0.29, 0.717) is 12.0 Å². The van der Waals surface area contributed by atoms with Crippen LogP contribution < -0.4 is 4.72 Å². The van der Waals surface area contributed by atoms with Crippen LogP contribution in [0.3, 0.4) is 0 Å². The average Bonchev–Trinajstić information content (AvgIpc) is 2.53. The summed E-state index contributed by atoms with van der Waals surface area (Å²) >= 11 is 0. The number of nitrogens with one attached hydrogen (secondary N) is 1. The van der Waals surface area contributed by atoms with E-state index in [1.54, 1.807) is 12.1 Å². The molecule has 1 atom stereocenters. The minimum absolute atomic E-state index is 0.108. The molecule has 4 nitrogen and oxygen atoms in total. The molecule has 1 unspecified atom stereocenters. The van der Waals surface area contributed by atoms with Crippen LogP contribution in [0.2, 0.25) is 0 Å². The number of sulfonamides is 1. The summed E-state index contributed by atoms with van der Waals surface area (Å²) in [5.74, 6) is 0. The molecule has 0 radical (unpaired) electrons. The number of benzene rings is 2. The predicted molar refractivity (Wildman–Crippen MR) is 85.7 cm³/mol. The van der Waals surface area contributed by atoms with E-state index in [0.717, 1.165) is 11.1 Å². The van der Waals surface area contributed by atoms with E-state index in [4.69, 9.17) is 5.26 Å². The van der Waals surface area contributed by atoms with Crippen LogP contribution in [0.4, 0.5) is 0 Å². The first-order valence-corrected chi connectivity index (χ1v) is 8.53. The van der Waals surface area contributed by atoms with Gasteiger partial charge in [-0.05, 0) is 37.1 Å². The molecule has 2 rings (SSSR count). The Labute approximate surface area is 131 Å². The van der Waals surface area contributed by atoms with Gasteiger partial charge in [0.1, 0.15) is 0 Å². The largest absolute Gasteiger partial charge is 0.241 e. The van der Waals surface area contributed by atoms with Crippen LogP contribution in [0.1, 0.15) is 36.1 Å². The number of hydrogen-bond donors (Lipinski definition) is 1. The molecule has 114 valence electrons. The highest BCUT2D eigenvalue weighted by Crippen LogP contribution is 2.21. The maximum absolute atomic E-state index is 12.5. The molecule has 0 saturated heterocycles. The molecule has 2 aromatic carbocycles. The molecule has 5 heteroatoms. The molecule has 22 heavy (non-hydrogen) atoms. The van der Waals surface area contributed by atoms with E-state index in [1.165, 1.54) is 12.1 Å². The molecule has 0 spiro atoms. The van der Waals surface area contributed by atoms with Gasteiger partial charge in [0.15, 0.2) is 0 Å². The van der Waals surface area contributed by atoms with Crippen molar-refractivity contribution < 1.29 is 8.42 Å². The zero-order chi connectivity index (χ0) is 16.2. The lowest BCUT2D eigenvalue weighted by Gasteiger charge is -2.18. The van der Waals surface area contributed by atoms with Gasteiger partial charge in [-0.25, -0.2) is 13.1 Å². The van der Waals surface area contributed by atoms with Gasteiger partial charge < -0.3 is 0 Å². The zero-order valence-corrected chi connectivity index (χ0v) is 13.4. The monoisotopic (exact) mass is 314 g/mol. The van der Waals surface area contributed by atoms with Crippen molar-refractivity contribution in [1.82, 2.24) is 4.72 Å². The molecule has 0 amide bonds. The van der Waals surface area contributed by atoms with Gasteiger partial charge in [-0.2, -0.15) is 5.26 Å². The fourth-order valence-electron chi connectivity index (χ4n) is 2.17. The third-order valence-corrected chi connectivity index (χ3v) is 4.93. The first kappa shape index (κ1) is 16.2.